The number of hydrogen-bond acceptors (Lipinski definition) is 4. The molecule has 204 valence electrons. The van der Waals surface area contributed by atoms with Crippen LogP contribution in [0.2, 0.25) is 0 Å². The summed E-state index contributed by atoms with van der Waals surface area (Å²) in [6.07, 6.45) is 3.59. The molecule has 0 aliphatic carbocycles. The first-order valence-electron chi connectivity index (χ1n) is 13.7. The number of nitrogens with one attached hydrogen (secondary N) is 2. The summed E-state index contributed by atoms with van der Waals surface area (Å²) in [6, 6.07) is 16.7. The summed E-state index contributed by atoms with van der Waals surface area (Å²) >= 11 is 0. The van der Waals surface area contributed by atoms with Gasteiger partial charge in [-0.15, -0.1) is 0 Å². The van der Waals surface area contributed by atoms with Gasteiger partial charge in [-0.1, -0.05) is 67.1 Å². The van der Waals surface area contributed by atoms with Crippen molar-refractivity contribution in [3.63, 3.8) is 0 Å². The highest BCUT2D eigenvalue weighted by Gasteiger charge is 2.31. The molecule has 0 unspecified atom stereocenters. The van der Waals surface area contributed by atoms with E-state index < -0.39 is 12.0 Å². The van der Waals surface area contributed by atoms with Gasteiger partial charge < -0.3 is 15.5 Å². The molecule has 0 aromatic heterocycles. The first-order chi connectivity index (χ1) is 18.2. The van der Waals surface area contributed by atoms with Crippen LogP contribution >= 0.6 is 0 Å². The molecule has 0 bridgehead atoms. The van der Waals surface area contributed by atoms with Gasteiger partial charge in [-0.05, 0) is 50.7 Å². The minimum absolute atomic E-state index is 0.0495. The first-order valence-corrected chi connectivity index (χ1v) is 13.7. The molecule has 2 N–H and O–H groups in total. The normalized spacial score (nSPS) is 16.8. The van der Waals surface area contributed by atoms with Crippen molar-refractivity contribution in [2.75, 3.05) is 6.54 Å². The zero-order valence-electron chi connectivity index (χ0n) is 22.9. The van der Waals surface area contributed by atoms with E-state index in [2.05, 4.69) is 10.6 Å². The standard InChI is InChI=1S/C31H41N3O4/c1-22-10-9-14-26(18-22)21-32-31(38)23(2)19-28(35)27(20-30(37)34-17-8-7-11-24(34)3)33-29(36)16-15-25-12-5-4-6-13-25/h4-6,9-10,12-14,18,23-24,27H,7-8,11,15-17,19-21H2,1-3H3,(H,32,38)(H,33,36)/t23-,24+,27+/m1/s1. The molecular formula is C31H41N3O4. The molecule has 2 aromatic carbocycles. The number of likely N-dealkylation sites (tertiary alicyclic amines) is 1. The molecule has 7 heteroatoms. The lowest BCUT2D eigenvalue weighted by Crippen LogP contribution is -2.48. The second-order valence-electron chi connectivity index (χ2n) is 10.5. The Morgan fingerprint density at radius 3 is 2.42 bits per heavy atom. The Morgan fingerprint density at radius 1 is 0.974 bits per heavy atom. The van der Waals surface area contributed by atoms with Crippen molar-refractivity contribution in [2.45, 2.75) is 84.3 Å². The van der Waals surface area contributed by atoms with E-state index in [1.807, 2.05) is 73.3 Å². The Hall–Kier alpha value is -3.48. The number of ketones is 1. The van der Waals surface area contributed by atoms with Gasteiger partial charge in [0.2, 0.25) is 17.7 Å². The van der Waals surface area contributed by atoms with E-state index in [0.29, 0.717) is 19.5 Å². The quantitative estimate of drug-likeness (QED) is 0.441. The molecule has 3 rings (SSSR count). The van der Waals surface area contributed by atoms with Crippen LogP contribution in [0.4, 0.5) is 0 Å². The average Bonchev–Trinajstić information content (AvgIpc) is 2.91. The number of piperidine rings is 1. The topological polar surface area (TPSA) is 95.6 Å². The minimum atomic E-state index is -0.952. The number of benzene rings is 2. The molecule has 0 saturated carbocycles. The van der Waals surface area contributed by atoms with Crippen LogP contribution in [0, 0.1) is 12.8 Å². The van der Waals surface area contributed by atoms with Gasteiger partial charge in [0.25, 0.3) is 0 Å². The molecule has 3 atom stereocenters. The minimum Gasteiger partial charge on any atom is -0.352 e. The molecule has 3 amide bonds. The number of nitrogens with zero attached hydrogens (tertiary/aromatic N) is 1. The molecule has 1 aliphatic heterocycles. The number of aryl methyl sites for hydroxylation is 2. The molecule has 2 aromatic rings. The summed E-state index contributed by atoms with van der Waals surface area (Å²) in [5, 5.41) is 5.71. The molecule has 38 heavy (non-hydrogen) atoms. The van der Waals surface area contributed by atoms with Crippen LogP contribution in [-0.4, -0.2) is 47.0 Å². The fourth-order valence-corrected chi connectivity index (χ4v) is 4.90. The van der Waals surface area contributed by atoms with E-state index in [1.54, 1.807) is 6.92 Å². The third-order valence-corrected chi connectivity index (χ3v) is 7.21. The SMILES string of the molecule is Cc1cccc(CNC(=O)[C@H](C)CC(=O)[C@H](CC(=O)N2CCCC[C@@H]2C)NC(=O)CCc2ccccc2)c1. The van der Waals surface area contributed by atoms with Gasteiger partial charge in [-0.25, -0.2) is 0 Å². The summed E-state index contributed by atoms with van der Waals surface area (Å²) in [4.78, 5) is 53.8. The zero-order chi connectivity index (χ0) is 27.5. The van der Waals surface area contributed by atoms with Crippen LogP contribution in [0.25, 0.3) is 0 Å². The molecule has 1 fully saturated rings. The summed E-state index contributed by atoms with van der Waals surface area (Å²) < 4.78 is 0. The van der Waals surface area contributed by atoms with Crippen LogP contribution in [-0.2, 0) is 32.1 Å². The van der Waals surface area contributed by atoms with E-state index in [4.69, 9.17) is 0 Å². The number of carbonyl (C=O) groups excluding carboxylic acids is 4. The third kappa shape index (κ3) is 9.12. The van der Waals surface area contributed by atoms with Crippen molar-refractivity contribution in [2.24, 2.45) is 5.92 Å². The van der Waals surface area contributed by atoms with E-state index in [0.717, 1.165) is 36.0 Å². The van der Waals surface area contributed by atoms with Gasteiger partial charge in [0.15, 0.2) is 5.78 Å². The van der Waals surface area contributed by atoms with Crippen molar-refractivity contribution in [1.82, 2.24) is 15.5 Å². The molecule has 1 heterocycles. The molecule has 0 spiro atoms. The van der Waals surface area contributed by atoms with Crippen molar-refractivity contribution < 1.29 is 19.2 Å². The van der Waals surface area contributed by atoms with E-state index >= 15 is 0 Å². The number of amides is 3. The van der Waals surface area contributed by atoms with Gasteiger partial charge in [0, 0.05) is 37.9 Å². The Bertz CT molecular complexity index is 1100. The largest absolute Gasteiger partial charge is 0.352 e. The van der Waals surface area contributed by atoms with E-state index in [1.165, 1.54) is 0 Å². The maximum Gasteiger partial charge on any atom is 0.225 e. The summed E-state index contributed by atoms with van der Waals surface area (Å²) in [6.45, 7) is 6.76. The summed E-state index contributed by atoms with van der Waals surface area (Å²) in [5.41, 5.74) is 3.13. The number of Topliss-reactive ketones (excluding diaryl/α,β-unsaturated/α-hetero) is 1. The molecule has 1 saturated heterocycles. The monoisotopic (exact) mass is 519 g/mol. The smallest absolute Gasteiger partial charge is 0.225 e. The highest BCUT2D eigenvalue weighted by molar-refractivity contribution is 5.95. The Kier molecular flexibility index (Phi) is 11.1. The first kappa shape index (κ1) is 29.1. The van der Waals surface area contributed by atoms with Gasteiger partial charge in [0.1, 0.15) is 0 Å². The van der Waals surface area contributed by atoms with Gasteiger partial charge >= 0.3 is 0 Å². The fraction of sp³-hybridized carbons (Fsp3) is 0.484. The number of rotatable bonds is 12. The summed E-state index contributed by atoms with van der Waals surface area (Å²) in [5.74, 6) is -1.52. The lowest BCUT2D eigenvalue weighted by atomic mass is 9.95. The fourth-order valence-electron chi connectivity index (χ4n) is 4.90. The maximum absolute atomic E-state index is 13.3. The second kappa shape index (κ2) is 14.5. The summed E-state index contributed by atoms with van der Waals surface area (Å²) in [7, 11) is 0. The van der Waals surface area contributed by atoms with Gasteiger partial charge in [-0.3, -0.25) is 19.2 Å². The highest BCUT2D eigenvalue weighted by Crippen LogP contribution is 2.19. The van der Waals surface area contributed by atoms with E-state index in [9.17, 15) is 19.2 Å². The second-order valence-corrected chi connectivity index (χ2v) is 10.5. The lowest BCUT2D eigenvalue weighted by molar-refractivity contribution is -0.138. The lowest BCUT2D eigenvalue weighted by Gasteiger charge is -2.34. The average molecular weight is 520 g/mol. The van der Waals surface area contributed by atoms with Crippen molar-refractivity contribution in [3.05, 3.63) is 71.3 Å². The predicted molar refractivity (Wildman–Crippen MR) is 148 cm³/mol. The van der Waals surface area contributed by atoms with Crippen LogP contribution in [0.5, 0.6) is 0 Å². The Labute approximate surface area is 226 Å². The molecule has 1 aliphatic rings. The van der Waals surface area contributed by atoms with Crippen LogP contribution < -0.4 is 10.6 Å². The molecule has 7 nitrogen and oxygen atoms in total. The Balaban J connectivity index is 1.60. The molecule has 0 radical (unpaired) electrons. The third-order valence-electron chi connectivity index (χ3n) is 7.21. The van der Waals surface area contributed by atoms with Crippen molar-refractivity contribution in [3.8, 4) is 0 Å². The van der Waals surface area contributed by atoms with E-state index in [-0.39, 0.29) is 48.8 Å². The maximum atomic E-state index is 13.3. The Morgan fingerprint density at radius 2 is 1.71 bits per heavy atom. The van der Waals surface area contributed by atoms with Crippen LogP contribution in [0.15, 0.2) is 54.6 Å². The van der Waals surface area contributed by atoms with Crippen molar-refractivity contribution >= 4 is 23.5 Å². The predicted octanol–water partition coefficient (Wildman–Crippen LogP) is 4.12. The van der Waals surface area contributed by atoms with Gasteiger partial charge in [-0.2, -0.15) is 0 Å². The zero-order valence-corrected chi connectivity index (χ0v) is 22.9. The van der Waals surface area contributed by atoms with Crippen molar-refractivity contribution in [1.29, 1.82) is 0 Å². The number of hydrogen-bond donors (Lipinski definition) is 2. The highest BCUT2D eigenvalue weighted by atomic mass is 16.2. The number of carbonyl (C=O) groups is 4. The van der Waals surface area contributed by atoms with Crippen LogP contribution in [0.3, 0.4) is 0 Å². The molecular weight excluding hydrogens is 478 g/mol. The van der Waals surface area contributed by atoms with Crippen LogP contribution in [0.1, 0.15) is 69.1 Å². The van der Waals surface area contributed by atoms with Gasteiger partial charge in [0.05, 0.1) is 12.5 Å².